The number of phenols is 1. The monoisotopic (exact) mass is 805 g/mol. The van der Waals surface area contributed by atoms with E-state index in [1.165, 1.54) is 43.1 Å². The van der Waals surface area contributed by atoms with Crippen molar-refractivity contribution < 1.29 is 48.4 Å². The van der Waals surface area contributed by atoms with E-state index in [-0.39, 0.29) is 18.6 Å². The number of nitrogens with one attached hydrogen (secondary N) is 1. The molecular formula is C44H61N4O10+. The first-order valence-electron chi connectivity index (χ1n) is 19.4. The van der Waals surface area contributed by atoms with Crippen LogP contribution in [0.25, 0.3) is 0 Å². The van der Waals surface area contributed by atoms with E-state index in [2.05, 4.69) is 5.32 Å². The molecule has 14 heteroatoms. The average molecular weight is 806 g/mol. The van der Waals surface area contributed by atoms with E-state index in [4.69, 9.17) is 19.3 Å². The van der Waals surface area contributed by atoms with Gasteiger partial charge in [0.25, 0.3) is 11.7 Å². The number of likely N-dealkylation sites (N-methyl/N-ethyl adjacent to an activating group) is 3. The number of ether oxygens (including phenoxy) is 3. The summed E-state index contributed by atoms with van der Waals surface area (Å²) in [5, 5.41) is 20.6. The number of aromatic hydroxyl groups is 1. The molecule has 3 rings (SSSR count). The fraction of sp³-hybridized carbons (Fsp3) is 0.477. The Balaban J connectivity index is 1.92. The number of hydrogen-bond donors (Lipinski definition) is 2. The van der Waals surface area contributed by atoms with Crippen LogP contribution in [0, 0.1) is 11.8 Å². The zero-order valence-corrected chi connectivity index (χ0v) is 35.4. The van der Waals surface area contributed by atoms with Crippen molar-refractivity contribution in [3.63, 3.8) is 0 Å². The SMILES string of the molecule is CC[C@H](C)[C@H](OC(=O)[C@H](Cc1ccc(OC)cc1)N(C)C)C(=O)N[C@H](C(=O)N(C)[C@H](Cc1ccc(O)cc1)C(=O)N(C)[C@H](Cc1ccc([OH2+])cc1)C(=O)OC)C(C)C. The van der Waals surface area contributed by atoms with E-state index < -0.39 is 71.8 Å². The molecule has 0 saturated carbocycles. The molecule has 0 aromatic heterocycles. The van der Waals surface area contributed by atoms with E-state index in [1.807, 2.05) is 19.1 Å². The fourth-order valence-corrected chi connectivity index (χ4v) is 6.44. The van der Waals surface area contributed by atoms with Gasteiger partial charge in [0.05, 0.1) is 14.2 Å². The highest BCUT2D eigenvalue weighted by molar-refractivity contribution is 5.95. The summed E-state index contributed by atoms with van der Waals surface area (Å²) in [6.07, 6.45) is -0.295. The molecule has 0 aliphatic carbocycles. The lowest BCUT2D eigenvalue weighted by atomic mass is 9.96. The summed E-state index contributed by atoms with van der Waals surface area (Å²) >= 11 is 0. The molecule has 3 aromatic carbocycles. The number of carbonyl (C=O) groups excluding carboxylic acids is 5. The quantitative estimate of drug-likeness (QED) is 0.126. The van der Waals surface area contributed by atoms with Gasteiger partial charge in [-0.3, -0.25) is 24.1 Å². The Morgan fingerprint density at radius 2 is 1.17 bits per heavy atom. The Bertz CT molecular complexity index is 1820. The third kappa shape index (κ3) is 12.7. The summed E-state index contributed by atoms with van der Waals surface area (Å²) < 4.78 is 16.3. The van der Waals surface area contributed by atoms with Crippen LogP contribution < -0.4 is 10.1 Å². The van der Waals surface area contributed by atoms with Crippen LogP contribution in [0.15, 0.2) is 72.8 Å². The smallest absolute Gasteiger partial charge is 0.328 e. The van der Waals surface area contributed by atoms with Gasteiger partial charge < -0.3 is 39.5 Å². The zero-order chi connectivity index (χ0) is 43.3. The van der Waals surface area contributed by atoms with Gasteiger partial charge >= 0.3 is 11.9 Å². The van der Waals surface area contributed by atoms with Crippen molar-refractivity contribution in [2.75, 3.05) is 42.4 Å². The lowest BCUT2D eigenvalue weighted by molar-refractivity contribution is -0.164. The summed E-state index contributed by atoms with van der Waals surface area (Å²) in [6.45, 7) is 7.19. The van der Waals surface area contributed by atoms with Gasteiger partial charge in [-0.1, -0.05) is 52.0 Å². The maximum atomic E-state index is 14.5. The highest BCUT2D eigenvalue weighted by Crippen LogP contribution is 2.22. The summed E-state index contributed by atoms with van der Waals surface area (Å²) in [4.78, 5) is 74.3. The molecule has 6 atom stereocenters. The molecule has 0 saturated heterocycles. The summed E-state index contributed by atoms with van der Waals surface area (Å²) in [5.41, 5.74) is 2.20. The predicted molar refractivity (Wildman–Crippen MR) is 220 cm³/mol. The molecule has 4 N–H and O–H groups in total. The van der Waals surface area contributed by atoms with Crippen LogP contribution in [0.2, 0.25) is 0 Å². The summed E-state index contributed by atoms with van der Waals surface area (Å²) in [5.74, 6) is -2.91. The van der Waals surface area contributed by atoms with Gasteiger partial charge in [-0.25, -0.2) is 4.79 Å². The highest BCUT2D eigenvalue weighted by atomic mass is 16.6. The fourth-order valence-electron chi connectivity index (χ4n) is 6.44. The summed E-state index contributed by atoms with van der Waals surface area (Å²) in [6, 6.07) is 16.0. The number of rotatable bonds is 20. The number of methoxy groups -OCH3 is 2. The molecule has 0 bridgehead atoms. The maximum absolute atomic E-state index is 14.5. The van der Waals surface area contributed by atoms with Crippen molar-refractivity contribution in [1.82, 2.24) is 20.0 Å². The van der Waals surface area contributed by atoms with Crippen LogP contribution in [0.1, 0.15) is 50.8 Å². The van der Waals surface area contributed by atoms with Crippen LogP contribution in [0.3, 0.4) is 0 Å². The molecule has 0 aliphatic rings. The van der Waals surface area contributed by atoms with Crippen molar-refractivity contribution in [3.05, 3.63) is 89.5 Å². The van der Waals surface area contributed by atoms with Crippen molar-refractivity contribution >= 4 is 29.7 Å². The molecule has 0 aliphatic heterocycles. The summed E-state index contributed by atoms with van der Waals surface area (Å²) in [7, 11) is 9.25. The maximum Gasteiger partial charge on any atom is 0.328 e. The number of esters is 2. The minimum absolute atomic E-state index is 0.0130. The Kier molecular flexibility index (Phi) is 17.5. The van der Waals surface area contributed by atoms with Crippen LogP contribution in [-0.4, -0.2) is 127 Å². The highest BCUT2D eigenvalue weighted by Gasteiger charge is 2.40. The standard InChI is InChI=1S/C44H60N4O10/c1-11-28(4)39(58-44(55)36(46(5)6)25-31-16-22-34(56-9)23-17-31)40(51)45-38(27(2)3)42(53)47(7)35(24-29-12-18-32(49)19-13-29)41(52)48(8)37(43(54)57-10)26-30-14-20-33(50)21-15-30/h12-23,27-28,35-39,49-50H,11,24-26H2,1-10H3,(H,45,51)/p+1/t28-,35+,36-,37+,38-,39-/m0/s1. The van der Waals surface area contributed by atoms with Crippen LogP contribution in [-0.2, 0) is 52.7 Å². The van der Waals surface area contributed by atoms with Gasteiger partial charge in [0.2, 0.25) is 11.8 Å². The lowest BCUT2D eigenvalue weighted by Gasteiger charge is -2.36. The molecule has 3 aromatic rings. The van der Waals surface area contributed by atoms with Crippen molar-refractivity contribution in [3.8, 4) is 17.2 Å². The first-order valence-corrected chi connectivity index (χ1v) is 19.4. The number of phenolic OH excluding ortho intramolecular Hbond substituents is 1. The molecular weight excluding hydrogens is 745 g/mol. The van der Waals surface area contributed by atoms with E-state index in [1.54, 1.807) is 95.4 Å². The minimum atomic E-state index is -1.22. The van der Waals surface area contributed by atoms with Crippen LogP contribution in [0.5, 0.6) is 17.2 Å². The molecule has 14 nitrogen and oxygen atoms in total. The molecule has 0 heterocycles. The normalized spacial score (nSPS) is 14.3. The minimum Gasteiger partial charge on any atom is -0.593 e. The van der Waals surface area contributed by atoms with E-state index in [0.29, 0.717) is 35.5 Å². The van der Waals surface area contributed by atoms with Crippen LogP contribution in [0.4, 0.5) is 0 Å². The molecule has 0 unspecified atom stereocenters. The van der Waals surface area contributed by atoms with Crippen molar-refractivity contribution in [2.24, 2.45) is 11.8 Å². The number of hydrogen-bond acceptors (Lipinski definition) is 10. The van der Waals surface area contributed by atoms with Gasteiger partial charge in [-0.15, -0.1) is 0 Å². The number of amides is 3. The van der Waals surface area contributed by atoms with E-state index >= 15 is 0 Å². The van der Waals surface area contributed by atoms with E-state index in [9.17, 15) is 29.1 Å². The third-order valence-electron chi connectivity index (χ3n) is 10.5. The third-order valence-corrected chi connectivity index (χ3v) is 10.5. The van der Waals surface area contributed by atoms with Gasteiger partial charge in [-0.05, 0) is 85.9 Å². The molecule has 3 amide bonds. The van der Waals surface area contributed by atoms with E-state index in [0.717, 1.165) is 5.56 Å². The predicted octanol–water partition coefficient (Wildman–Crippen LogP) is 3.72. The molecule has 316 valence electrons. The average Bonchev–Trinajstić information content (AvgIpc) is 3.21. The number of benzene rings is 3. The van der Waals surface area contributed by atoms with Gasteiger partial charge in [-0.2, -0.15) is 0 Å². The Morgan fingerprint density at radius 3 is 1.66 bits per heavy atom. The first-order chi connectivity index (χ1) is 27.4. The lowest BCUT2D eigenvalue weighted by Crippen LogP contribution is -2.59. The van der Waals surface area contributed by atoms with Gasteiger partial charge in [0.15, 0.2) is 6.10 Å². The zero-order valence-electron chi connectivity index (χ0n) is 35.4. The number of nitrogens with zero attached hydrogens (tertiary/aromatic N) is 3. The molecule has 0 fully saturated rings. The second-order valence-corrected chi connectivity index (χ2v) is 15.2. The molecule has 0 spiro atoms. The first kappa shape index (κ1) is 46.8. The molecule has 0 radical (unpaired) electrons. The van der Waals surface area contributed by atoms with Crippen LogP contribution >= 0.6 is 0 Å². The number of carbonyl (C=O) groups is 5. The Hall–Kier alpha value is -5.63. The van der Waals surface area contributed by atoms with Crippen molar-refractivity contribution in [2.45, 2.75) is 83.6 Å². The molecule has 58 heavy (non-hydrogen) atoms. The van der Waals surface area contributed by atoms with Gasteiger partial charge in [0.1, 0.15) is 35.7 Å². The second-order valence-electron chi connectivity index (χ2n) is 15.2. The largest absolute Gasteiger partial charge is 0.593 e. The van der Waals surface area contributed by atoms with Gasteiger partial charge in [0, 0.05) is 45.0 Å². The Labute approximate surface area is 342 Å². The Morgan fingerprint density at radius 1 is 0.690 bits per heavy atom. The van der Waals surface area contributed by atoms with Crippen molar-refractivity contribution in [1.29, 1.82) is 0 Å². The second kappa shape index (κ2) is 21.8. The topological polar surface area (TPSA) is 178 Å².